The molecule has 9 nitrogen and oxygen atoms in total. The molecule has 1 atom stereocenters. The first kappa shape index (κ1) is 30.1. The van der Waals surface area contributed by atoms with E-state index in [-0.39, 0.29) is 29.6 Å². The number of hydrogen-bond donors (Lipinski definition) is 1. The first-order chi connectivity index (χ1) is 19.2. The highest BCUT2D eigenvalue weighted by Crippen LogP contribution is 2.37. The van der Waals surface area contributed by atoms with Gasteiger partial charge in [0.25, 0.3) is 21.9 Å². The van der Waals surface area contributed by atoms with Crippen LogP contribution in [0.4, 0.5) is 0 Å². The van der Waals surface area contributed by atoms with Crippen LogP contribution >= 0.6 is 0 Å². The summed E-state index contributed by atoms with van der Waals surface area (Å²) in [5.41, 5.74) is 6.12. The monoisotopic (exact) mass is 580 g/mol. The van der Waals surface area contributed by atoms with Crippen LogP contribution in [-0.2, 0) is 14.3 Å². The van der Waals surface area contributed by atoms with Crippen molar-refractivity contribution in [3.8, 4) is 11.5 Å². The molecule has 0 radical (unpaired) electrons. The topological polar surface area (TPSA) is 111 Å². The minimum absolute atomic E-state index is 0.0501. The van der Waals surface area contributed by atoms with Crippen LogP contribution < -0.4 is 14.9 Å². The lowest BCUT2D eigenvalue weighted by atomic mass is 10.0. The molecule has 3 aromatic rings. The summed E-state index contributed by atoms with van der Waals surface area (Å²) in [5.74, 6) is -0.0921. The Hall–Kier alpha value is -3.89. The van der Waals surface area contributed by atoms with Crippen LogP contribution in [0.15, 0.2) is 59.5 Å². The molecule has 0 saturated heterocycles. The zero-order valence-electron chi connectivity index (χ0n) is 24.4. The molecule has 0 aliphatic carbocycles. The normalized spacial score (nSPS) is 14.9. The first-order valence-electron chi connectivity index (χ1n) is 13.3. The third-order valence-electron chi connectivity index (χ3n) is 6.60. The molecule has 2 amide bonds. The fraction of sp³-hybridized carbons (Fsp3) is 0.355. The van der Waals surface area contributed by atoms with Crippen molar-refractivity contribution < 1.29 is 31.7 Å². The largest absolute Gasteiger partial charge is 0.486 e. The number of aryl methyl sites for hydroxylation is 3. The maximum Gasteiger partial charge on any atom is 0.297 e. The van der Waals surface area contributed by atoms with Gasteiger partial charge in [-0.2, -0.15) is 8.42 Å². The quantitative estimate of drug-likeness (QED) is 0.321. The van der Waals surface area contributed by atoms with Gasteiger partial charge in [-0.3, -0.25) is 19.2 Å². The van der Waals surface area contributed by atoms with Crippen molar-refractivity contribution in [2.45, 2.75) is 65.0 Å². The number of hydrogen-bond acceptors (Lipinski definition) is 7. The number of carbonyl (C=O) groups excluding carboxylic acids is 2. The second-order valence-corrected chi connectivity index (χ2v) is 12.9. The van der Waals surface area contributed by atoms with E-state index >= 15 is 0 Å². The number of hydrazine groups is 1. The third kappa shape index (κ3) is 6.89. The Morgan fingerprint density at radius 1 is 0.951 bits per heavy atom. The highest BCUT2D eigenvalue weighted by Gasteiger charge is 2.32. The Bertz CT molecular complexity index is 1550. The van der Waals surface area contributed by atoms with Gasteiger partial charge in [0, 0.05) is 16.7 Å². The predicted octanol–water partition coefficient (Wildman–Crippen LogP) is 5.05. The van der Waals surface area contributed by atoms with Crippen molar-refractivity contribution in [2.24, 2.45) is 0 Å². The van der Waals surface area contributed by atoms with Gasteiger partial charge in [-0.05, 0) is 84.9 Å². The van der Waals surface area contributed by atoms with Gasteiger partial charge in [0.2, 0.25) is 0 Å². The summed E-state index contributed by atoms with van der Waals surface area (Å²) in [5, 5.41) is 1.33. The summed E-state index contributed by atoms with van der Waals surface area (Å²) in [6, 6.07) is 15.1. The highest BCUT2D eigenvalue weighted by molar-refractivity contribution is 7.86. The molecule has 218 valence electrons. The average molecular weight is 581 g/mol. The predicted molar refractivity (Wildman–Crippen MR) is 155 cm³/mol. The van der Waals surface area contributed by atoms with E-state index in [1.54, 1.807) is 43.3 Å². The van der Waals surface area contributed by atoms with Crippen molar-refractivity contribution in [1.29, 1.82) is 0 Å². The molecule has 0 spiro atoms. The minimum Gasteiger partial charge on any atom is -0.486 e. The van der Waals surface area contributed by atoms with Gasteiger partial charge in [-0.15, -0.1) is 0 Å². The van der Waals surface area contributed by atoms with Gasteiger partial charge in [-0.25, -0.2) is 5.01 Å². The van der Waals surface area contributed by atoms with Crippen molar-refractivity contribution in [3.63, 3.8) is 0 Å². The van der Waals surface area contributed by atoms with Crippen molar-refractivity contribution in [1.82, 2.24) is 10.4 Å². The van der Waals surface area contributed by atoms with Crippen LogP contribution in [0.1, 0.15) is 63.7 Å². The molecule has 10 heteroatoms. The summed E-state index contributed by atoms with van der Waals surface area (Å²) < 4.78 is 42.3. The van der Waals surface area contributed by atoms with E-state index in [1.165, 1.54) is 17.1 Å². The van der Waals surface area contributed by atoms with Crippen molar-refractivity contribution >= 4 is 21.9 Å². The van der Waals surface area contributed by atoms with E-state index in [9.17, 15) is 18.0 Å². The fourth-order valence-corrected chi connectivity index (χ4v) is 5.43. The number of rotatable bonds is 6. The van der Waals surface area contributed by atoms with E-state index in [0.717, 1.165) is 16.7 Å². The minimum atomic E-state index is -3.99. The highest BCUT2D eigenvalue weighted by atomic mass is 32.2. The number of nitrogens with zero attached hydrogens (tertiary/aromatic N) is 1. The van der Waals surface area contributed by atoms with Gasteiger partial charge in [-0.1, -0.05) is 34.9 Å². The zero-order chi connectivity index (χ0) is 30.1. The summed E-state index contributed by atoms with van der Waals surface area (Å²) in [6.07, 6.45) is -0.725. The van der Waals surface area contributed by atoms with Crippen LogP contribution in [0.25, 0.3) is 0 Å². The molecule has 1 heterocycles. The molecule has 1 aliphatic heterocycles. The maximum atomic E-state index is 13.5. The summed E-state index contributed by atoms with van der Waals surface area (Å²) in [4.78, 5) is 27.0. The molecule has 0 aromatic heterocycles. The Labute approximate surface area is 241 Å². The number of benzene rings is 3. The van der Waals surface area contributed by atoms with E-state index in [4.69, 9.17) is 13.7 Å². The number of fused-ring (bicyclic) bond motifs is 1. The van der Waals surface area contributed by atoms with Crippen LogP contribution in [0.2, 0.25) is 0 Å². The van der Waals surface area contributed by atoms with E-state index < -0.39 is 27.7 Å². The molecular formula is C31H36N2O7S. The molecule has 1 N–H and O–H groups in total. The molecule has 4 rings (SSSR count). The second-order valence-electron chi connectivity index (χ2n) is 11.3. The molecule has 41 heavy (non-hydrogen) atoms. The Morgan fingerprint density at radius 3 is 2.20 bits per heavy atom. The SMILES string of the molecule is Cc1ccc(S(=O)(=O)OC[C@H]2COc3ccc(C(=O)NN(C(=O)c4cc(C)cc(C)c4)C(C)(C)C)c(C)c3O2)cc1. The van der Waals surface area contributed by atoms with Crippen LogP contribution in [0.3, 0.4) is 0 Å². The van der Waals surface area contributed by atoms with E-state index in [0.29, 0.717) is 22.6 Å². The second kappa shape index (κ2) is 11.5. The van der Waals surface area contributed by atoms with Crippen LogP contribution in [0.5, 0.6) is 11.5 Å². The van der Waals surface area contributed by atoms with Gasteiger partial charge in [0.1, 0.15) is 13.2 Å². The lowest BCUT2D eigenvalue weighted by Gasteiger charge is -2.36. The average Bonchev–Trinajstić information content (AvgIpc) is 2.89. The molecule has 0 saturated carbocycles. The van der Waals surface area contributed by atoms with Gasteiger partial charge in [0.15, 0.2) is 17.6 Å². The lowest BCUT2D eigenvalue weighted by molar-refractivity contribution is 0.0356. The molecule has 1 aliphatic rings. The third-order valence-corrected chi connectivity index (χ3v) is 7.89. The standard InChI is InChI=1S/C31H36N2O7S/c1-19-8-10-25(11-9-19)41(36,37)39-18-24-17-38-27-13-12-26(22(4)28(27)40-24)29(34)32-33(31(5,6)7)30(35)23-15-20(2)14-21(3)16-23/h8-16,24H,17-18H2,1-7H3,(H,32,34)/t24-/m1/s1. The molecule has 0 unspecified atom stereocenters. The Morgan fingerprint density at radius 2 is 1.59 bits per heavy atom. The molecular weight excluding hydrogens is 544 g/mol. The first-order valence-corrected chi connectivity index (χ1v) is 14.7. The van der Waals surface area contributed by atoms with E-state index in [2.05, 4.69) is 5.43 Å². The number of nitrogens with one attached hydrogen (secondary N) is 1. The van der Waals surface area contributed by atoms with Crippen LogP contribution in [-0.4, -0.2) is 50.1 Å². The van der Waals surface area contributed by atoms with Gasteiger partial charge >= 0.3 is 0 Å². The van der Waals surface area contributed by atoms with Crippen molar-refractivity contribution in [3.05, 3.63) is 88.0 Å². The summed E-state index contributed by atoms with van der Waals surface area (Å²) in [6.45, 7) is 12.7. The Balaban J connectivity index is 1.51. The Kier molecular flexibility index (Phi) is 8.46. The maximum absolute atomic E-state index is 13.5. The molecule has 3 aromatic carbocycles. The summed E-state index contributed by atoms with van der Waals surface area (Å²) in [7, 11) is -3.99. The number of carbonyl (C=O) groups is 2. The number of amides is 2. The van der Waals surface area contributed by atoms with E-state index in [1.807, 2.05) is 47.6 Å². The number of ether oxygens (including phenoxy) is 2. The molecule has 0 fully saturated rings. The molecule has 0 bridgehead atoms. The van der Waals surface area contributed by atoms with Crippen molar-refractivity contribution in [2.75, 3.05) is 13.2 Å². The van der Waals surface area contributed by atoms with Crippen LogP contribution in [0, 0.1) is 27.7 Å². The fourth-order valence-electron chi connectivity index (χ4n) is 4.49. The lowest BCUT2D eigenvalue weighted by Crippen LogP contribution is -2.56. The summed E-state index contributed by atoms with van der Waals surface area (Å²) >= 11 is 0. The van der Waals surface area contributed by atoms with Gasteiger partial charge in [0.05, 0.1) is 10.4 Å². The zero-order valence-corrected chi connectivity index (χ0v) is 25.2. The smallest absolute Gasteiger partial charge is 0.297 e. The van der Waals surface area contributed by atoms with Gasteiger partial charge < -0.3 is 9.47 Å².